The van der Waals surface area contributed by atoms with Gasteiger partial charge in [0.05, 0.1) is 6.54 Å². The first-order chi connectivity index (χ1) is 9.67. The Morgan fingerprint density at radius 1 is 1.18 bits per heavy atom. The number of hydrogen-bond acceptors (Lipinski definition) is 3. The van der Waals surface area contributed by atoms with E-state index in [0.29, 0.717) is 13.0 Å². The summed E-state index contributed by atoms with van der Waals surface area (Å²) in [6, 6.07) is 0. The molecule has 0 bridgehead atoms. The molecule has 0 aromatic carbocycles. The molecule has 0 radical (unpaired) electrons. The van der Waals surface area contributed by atoms with Gasteiger partial charge in [-0.25, -0.2) is 0 Å². The molecule has 1 saturated carbocycles. The first-order valence-corrected chi connectivity index (χ1v) is 7.92. The summed E-state index contributed by atoms with van der Waals surface area (Å²) in [6.45, 7) is 6.45. The van der Waals surface area contributed by atoms with Gasteiger partial charge in [0, 0.05) is 19.0 Å². The van der Waals surface area contributed by atoms with Crippen LogP contribution in [0.25, 0.3) is 0 Å². The quantitative estimate of drug-likeness (QED) is 0.808. The first-order valence-electron chi connectivity index (χ1n) is 7.92. The summed E-state index contributed by atoms with van der Waals surface area (Å²) in [6.07, 6.45) is 6.05. The van der Waals surface area contributed by atoms with Crippen LogP contribution in [0.5, 0.6) is 0 Å². The highest BCUT2D eigenvalue weighted by Crippen LogP contribution is 2.38. The Hall–Kier alpha value is -0.810. The summed E-state index contributed by atoms with van der Waals surface area (Å²) < 4.78 is 0. The van der Waals surface area contributed by atoms with Crippen molar-refractivity contribution in [2.75, 3.05) is 20.1 Å². The van der Waals surface area contributed by atoms with Crippen LogP contribution >= 0.6 is 12.4 Å². The highest BCUT2D eigenvalue weighted by molar-refractivity contribution is 5.85. The second-order valence-corrected chi connectivity index (χ2v) is 7.49. The van der Waals surface area contributed by atoms with E-state index >= 15 is 0 Å². The maximum Gasteiger partial charge on any atom is 0.240 e. The Labute approximate surface area is 140 Å². The predicted octanol–water partition coefficient (Wildman–Crippen LogP) is 2.08. The lowest BCUT2D eigenvalue weighted by Crippen LogP contribution is -2.47. The van der Waals surface area contributed by atoms with E-state index in [1.807, 2.05) is 20.8 Å². The van der Waals surface area contributed by atoms with Crippen LogP contribution in [-0.4, -0.2) is 42.4 Å². The van der Waals surface area contributed by atoms with Crippen molar-refractivity contribution < 1.29 is 9.59 Å². The molecule has 3 N–H and O–H groups in total. The molecular formula is C16H32ClN3O2. The molecule has 6 heteroatoms. The molecule has 0 aromatic heterocycles. The van der Waals surface area contributed by atoms with Gasteiger partial charge in [-0.2, -0.15) is 0 Å². The number of nitrogens with two attached hydrogens (primary N) is 1. The Bertz CT molecular complexity index is 374. The van der Waals surface area contributed by atoms with Gasteiger partial charge in [-0.05, 0) is 45.6 Å². The topological polar surface area (TPSA) is 75.4 Å². The molecule has 22 heavy (non-hydrogen) atoms. The monoisotopic (exact) mass is 333 g/mol. The molecule has 0 spiro atoms. The van der Waals surface area contributed by atoms with Crippen molar-refractivity contribution in [3.63, 3.8) is 0 Å². The summed E-state index contributed by atoms with van der Waals surface area (Å²) in [5.74, 6) is -0.102. The second-order valence-electron chi connectivity index (χ2n) is 7.49. The molecule has 1 fully saturated rings. The van der Waals surface area contributed by atoms with E-state index in [9.17, 15) is 9.59 Å². The molecule has 2 amide bonds. The third-order valence-electron chi connectivity index (χ3n) is 4.19. The summed E-state index contributed by atoms with van der Waals surface area (Å²) >= 11 is 0. The molecular weight excluding hydrogens is 302 g/mol. The lowest BCUT2D eigenvalue weighted by molar-refractivity contribution is -0.137. The molecule has 130 valence electrons. The van der Waals surface area contributed by atoms with Crippen LogP contribution in [0.15, 0.2) is 0 Å². The molecule has 1 rings (SSSR count). The van der Waals surface area contributed by atoms with Gasteiger partial charge in [-0.1, -0.05) is 19.3 Å². The van der Waals surface area contributed by atoms with Gasteiger partial charge in [0.25, 0.3) is 0 Å². The number of amides is 2. The minimum atomic E-state index is -0.275. The fourth-order valence-corrected chi connectivity index (χ4v) is 2.97. The standard InChI is InChI=1S/C16H31N3O2.ClH/c1-15(2,3)18-13(20)11-19(4)14(21)10-16(12-17)8-6-5-7-9-16;/h5-12,17H2,1-4H3,(H,18,20);1H. The van der Waals surface area contributed by atoms with Crippen LogP contribution in [0.2, 0.25) is 0 Å². The van der Waals surface area contributed by atoms with E-state index in [1.165, 1.54) is 11.3 Å². The first kappa shape index (κ1) is 21.2. The normalized spacial score (nSPS) is 17.3. The molecule has 0 saturated heterocycles. The zero-order chi connectivity index (χ0) is 16.1. The number of nitrogens with one attached hydrogen (secondary N) is 1. The van der Waals surface area contributed by atoms with E-state index < -0.39 is 0 Å². The van der Waals surface area contributed by atoms with Crippen LogP contribution in [0.1, 0.15) is 59.3 Å². The zero-order valence-corrected chi connectivity index (χ0v) is 15.2. The molecule has 0 heterocycles. The van der Waals surface area contributed by atoms with Gasteiger partial charge in [0.15, 0.2) is 0 Å². The number of rotatable bonds is 5. The SMILES string of the molecule is CN(CC(=O)NC(C)(C)C)C(=O)CC1(CN)CCCCC1.Cl. The van der Waals surface area contributed by atoms with E-state index in [-0.39, 0.29) is 41.7 Å². The van der Waals surface area contributed by atoms with Crippen molar-refractivity contribution >= 4 is 24.2 Å². The third-order valence-corrected chi connectivity index (χ3v) is 4.19. The van der Waals surface area contributed by atoms with Crippen LogP contribution < -0.4 is 11.1 Å². The lowest BCUT2D eigenvalue weighted by atomic mass is 9.71. The third kappa shape index (κ3) is 6.97. The molecule has 0 unspecified atom stereocenters. The summed E-state index contributed by atoms with van der Waals surface area (Å²) in [4.78, 5) is 25.8. The minimum Gasteiger partial charge on any atom is -0.350 e. The van der Waals surface area contributed by atoms with E-state index in [2.05, 4.69) is 5.32 Å². The van der Waals surface area contributed by atoms with Crippen LogP contribution in [0.4, 0.5) is 0 Å². The highest BCUT2D eigenvalue weighted by atomic mass is 35.5. The molecule has 1 aliphatic rings. The zero-order valence-electron chi connectivity index (χ0n) is 14.4. The van der Waals surface area contributed by atoms with Crippen molar-refractivity contribution in [2.24, 2.45) is 11.1 Å². The lowest BCUT2D eigenvalue weighted by Gasteiger charge is -2.36. The fraction of sp³-hybridized carbons (Fsp3) is 0.875. The van der Waals surface area contributed by atoms with Crippen molar-refractivity contribution in [3.8, 4) is 0 Å². The Balaban J connectivity index is 0.00000441. The van der Waals surface area contributed by atoms with Gasteiger partial charge < -0.3 is 16.0 Å². The molecule has 5 nitrogen and oxygen atoms in total. The highest BCUT2D eigenvalue weighted by Gasteiger charge is 2.34. The van der Waals surface area contributed by atoms with E-state index in [0.717, 1.165) is 25.7 Å². The maximum absolute atomic E-state index is 12.4. The Morgan fingerprint density at radius 3 is 2.18 bits per heavy atom. The smallest absolute Gasteiger partial charge is 0.240 e. The predicted molar refractivity (Wildman–Crippen MR) is 92.0 cm³/mol. The van der Waals surface area contributed by atoms with E-state index in [1.54, 1.807) is 7.05 Å². The number of hydrogen-bond donors (Lipinski definition) is 2. The largest absolute Gasteiger partial charge is 0.350 e. The Kier molecular flexibility index (Phi) is 8.40. The van der Waals surface area contributed by atoms with Gasteiger partial charge in [0.1, 0.15) is 0 Å². The maximum atomic E-state index is 12.4. The molecule has 0 atom stereocenters. The molecule has 1 aliphatic carbocycles. The summed E-state index contributed by atoms with van der Waals surface area (Å²) in [7, 11) is 1.69. The molecule has 0 aliphatic heterocycles. The average Bonchev–Trinajstić information content (AvgIpc) is 2.37. The van der Waals surface area contributed by atoms with Crippen LogP contribution in [-0.2, 0) is 9.59 Å². The van der Waals surface area contributed by atoms with Crippen molar-refractivity contribution in [1.29, 1.82) is 0 Å². The number of nitrogens with zero attached hydrogens (tertiary/aromatic N) is 1. The number of halogens is 1. The molecule has 0 aromatic rings. The number of carbonyl (C=O) groups excluding carboxylic acids is 2. The van der Waals surface area contributed by atoms with Crippen LogP contribution in [0.3, 0.4) is 0 Å². The number of carbonyl (C=O) groups is 2. The second kappa shape index (κ2) is 8.73. The fourth-order valence-electron chi connectivity index (χ4n) is 2.97. The van der Waals surface area contributed by atoms with Gasteiger partial charge in [0.2, 0.25) is 11.8 Å². The van der Waals surface area contributed by atoms with E-state index in [4.69, 9.17) is 5.73 Å². The summed E-state index contributed by atoms with van der Waals surface area (Å²) in [5, 5.41) is 2.87. The minimum absolute atomic E-state index is 0. The average molecular weight is 334 g/mol. The van der Waals surface area contributed by atoms with Crippen molar-refractivity contribution in [3.05, 3.63) is 0 Å². The van der Waals surface area contributed by atoms with Gasteiger partial charge in [-0.15, -0.1) is 12.4 Å². The van der Waals surface area contributed by atoms with Crippen molar-refractivity contribution in [2.45, 2.75) is 64.8 Å². The number of likely N-dealkylation sites (N-methyl/N-ethyl adjacent to an activating group) is 1. The Morgan fingerprint density at radius 2 is 1.73 bits per heavy atom. The van der Waals surface area contributed by atoms with Crippen molar-refractivity contribution in [1.82, 2.24) is 10.2 Å². The van der Waals surface area contributed by atoms with Crippen LogP contribution in [0, 0.1) is 5.41 Å². The van der Waals surface area contributed by atoms with Gasteiger partial charge >= 0.3 is 0 Å². The van der Waals surface area contributed by atoms with Gasteiger partial charge in [-0.3, -0.25) is 9.59 Å². The summed E-state index contributed by atoms with van der Waals surface area (Å²) in [5.41, 5.74) is 5.59.